The van der Waals surface area contributed by atoms with Crippen LogP contribution in [0, 0.1) is 0 Å². The fraction of sp³-hybridized carbons (Fsp3) is 0.600. The van der Waals surface area contributed by atoms with Crippen molar-refractivity contribution in [2.24, 2.45) is 0 Å². The van der Waals surface area contributed by atoms with E-state index in [0.29, 0.717) is 10.5 Å². The fourth-order valence-electron chi connectivity index (χ4n) is 1.79. The third kappa shape index (κ3) is 6.17. The van der Waals surface area contributed by atoms with Crippen LogP contribution in [0.15, 0.2) is 35.2 Å². The summed E-state index contributed by atoms with van der Waals surface area (Å²) < 4.78 is 0. The third-order valence-electron chi connectivity index (χ3n) is 2.61. The quantitative estimate of drug-likeness (QED) is 0.712. The van der Waals surface area contributed by atoms with Crippen LogP contribution in [0.1, 0.15) is 33.6 Å². The molecular formula is C15H24OS2. The smallest absolute Gasteiger partial charge is 0.0752 e. The van der Waals surface area contributed by atoms with Gasteiger partial charge in [-0.2, -0.15) is 11.8 Å². The summed E-state index contributed by atoms with van der Waals surface area (Å²) >= 11 is 3.65. The maximum atomic E-state index is 10.3. The standard InChI is InChI=1S/C15H24OS2/c1-4-8-15(18-12(2)3)14(16)11-17-13-9-6-5-7-10-13/h5-7,9-10,12,14-16H,4,8,11H2,1-3H3/t14-,15-/m0/s1. The lowest BCUT2D eigenvalue weighted by molar-refractivity contribution is 0.192. The van der Waals surface area contributed by atoms with Gasteiger partial charge >= 0.3 is 0 Å². The Labute approximate surface area is 120 Å². The average molecular weight is 284 g/mol. The van der Waals surface area contributed by atoms with E-state index in [0.717, 1.165) is 18.6 Å². The highest BCUT2D eigenvalue weighted by Crippen LogP contribution is 2.28. The summed E-state index contributed by atoms with van der Waals surface area (Å²) in [6.45, 7) is 6.58. The van der Waals surface area contributed by atoms with Crippen LogP contribution in [-0.4, -0.2) is 27.5 Å². The second-order valence-corrected chi connectivity index (χ2v) is 7.62. The van der Waals surface area contributed by atoms with Crippen LogP contribution in [0.4, 0.5) is 0 Å². The molecule has 0 unspecified atom stereocenters. The summed E-state index contributed by atoms with van der Waals surface area (Å²) in [6, 6.07) is 10.3. The van der Waals surface area contributed by atoms with E-state index in [9.17, 15) is 5.11 Å². The highest BCUT2D eigenvalue weighted by atomic mass is 32.2. The van der Waals surface area contributed by atoms with Gasteiger partial charge in [-0.25, -0.2) is 0 Å². The second-order valence-electron chi connectivity index (χ2n) is 4.70. The first kappa shape index (κ1) is 15.9. The van der Waals surface area contributed by atoms with E-state index in [4.69, 9.17) is 0 Å². The van der Waals surface area contributed by atoms with Crippen molar-refractivity contribution in [2.75, 3.05) is 5.75 Å². The molecule has 102 valence electrons. The SMILES string of the molecule is CCC[C@H](SC(C)C)[C@@H](O)CSc1ccccc1. The number of aliphatic hydroxyl groups is 1. The number of thioether (sulfide) groups is 2. The van der Waals surface area contributed by atoms with Crippen molar-refractivity contribution < 1.29 is 5.11 Å². The third-order valence-corrected chi connectivity index (χ3v) is 5.17. The summed E-state index contributed by atoms with van der Waals surface area (Å²) in [4.78, 5) is 1.24. The molecule has 1 rings (SSSR count). The molecule has 3 heteroatoms. The molecule has 0 radical (unpaired) electrons. The van der Waals surface area contributed by atoms with Gasteiger partial charge in [-0.05, 0) is 23.8 Å². The number of hydrogen-bond donors (Lipinski definition) is 1. The first-order chi connectivity index (χ1) is 8.63. The molecule has 1 aromatic rings. The van der Waals surface area contributed by atoms with Crippen molar-refractivity contribution in [3.63, 3.8) is 0 Å². The van der Waals surface area contributed by atoms with Crippen LogP contribution in [0.5, 0.6) is 0 Å². The normalized spacial score (nSPS) is 14.7. The molecule has 1 aromatic carbocycles. The minimum Gasteiger partial charge on any atom is -0.391 e. The average Bonchev–Trinajstić information content (AvgIpc) is 2.36. The molecule has 0 spiro atoms. The topological polar surface area (TPSA) is 20.2 Å². The molecule has 0 fully saturated rings. The second kappa shape index (κ2) is 8.89. The molecule has 0 aliphatic rings. The zero-order valence-corrected chi connectivity index (χ0v) is 13.1. The van der Waals surface area contributed by atoms with Gasteiger partial charge in [0.25, 0.3) is 0 Å². The van der Waals surface area contributed by atoms with E-state index < -0.39 is 0 Å². The first-order valence-electron chi connectivity index (χ1n) is 6.64. The number of benzene rings is 1. The number of aliphatic hydroxyl groups excluding tert-OH is 1. The Bertz CT molecular complexity index is 314. The Balaban J connectivity index is 2.43. The minimum atomic E-state index is -0.220. The molecule has 0 saturated carbocycles. The van der Waals surface area contributed by atoms with E-state index in [1.54, 1.807) is 11.8 Å². The molecule has 0 saturated heterocycles. The molecule has 0 aromatic heterocycles. The van der Waals surface area contributed by atoms with Crippen molar-refractivity contribution in [1.29, 1.82) is 0 Å². The molecule has 0 bridgehead atoms. The van der Waals surface area contributed by atoms with Crippen molar-refractivity contribution in [2.45, 2.75) is 55.1 Å². The van der Waals surface area contributed by atoms with Crippen LogP contribution in [0.25, 0.3) is 0 Å². The van der Waals surface area contributed by atoms with E-state index >= 15 is 0 Å². The summed E-state index contributed by atoms with van der Waals surface area (Å²) in [6.07, 6.45) is 2.01. The summed E-state index contributed by atoms with van der Waals surface area (Å²) in [5.41, 5.74) is 0. The lowest BCUT2D eigenvalue weighted by Gasteiger charge is -2.23. The van der Waals surface area contributed by atoms with Crippen LogP contribution in [-0.2, 0) is 0 Å². The summed E-state index contributed by atoms with van der Waals surface area (Å²) in [5.74, 6) is 0.786. The van der Waals surface area contributed by atoms with E-state index in [1.807, 2.05) is 30.0 Å². The van der Waals surface area contributed by atoms with Crippen LogP contribution in [0.2, 0.25) is 0 Å². The van der Waals surface area contributed by atoms with Gasteiger partial charge in [0.1, 0.15) is 0 Å². The van der Waals surface area contributed by atoms with E-state index in [-0.39, 0.29) is 6.10 Å². The molecule has 0 amide bonds. The van der Waals surface area contributed by atoms with Crippen LogP contribution in [0.3, 0.4) is 0 Å². The van der Waals surface area contributed by atoms with Gasteiger partial charge in [-0.3, -0.25) is 0 Å². The molecule has 2 atom stereocenters. The van der Waals surface area contributed by atoms with Gasteiger partial charge in [0.2, 0.25) is 0 Å². The van der Waals surface area contributed by atoms with Crippen molar-refractivity contribution >= 4 is 23.5 Å². The highest BCUT2D eigenvalue weighted by Gasteiger charge is 2.20. The molecule has 1 nitrogen and oxygen atoms in total. The predicted molar refractivity (Wildman–Crippen MR) is 84.6 cm³/mol. The Kier molecular flexibility index (Phi) is 7.87. The van der Waals surface area contributed by atoms with Gasteiger partial charge in [0, 0.05) is 15.9 Å². The van der Waals surface area contributed by atoms with Gasteiger partial charge in [0.05, 0.1) is 6.10 Å². The van der Waals surface area contributed by atoms with Crippen molar-refractivity contribution in [1.82, 2.24) is 0 Å². The Morgan fingerprint density at radius 2 is 1.83 bits per heavy atom. The number of hydrogen-bond acceptors (Lipinski definition) is 3. The number of rotatable bonds is 8. The molecule has 1 N–H and O–H groups in total. The minimum absolute atomic E-state index is 0.220. The van der Waals surface area contributed by atoms with Crippen LogP contribution < -0.4 is 0 Å². The van der Waals surface area contributed by atoms with Gasteiger partial charge < -0.3 is 5.11 Å². The summed E-state index contributed by atoms with van der Waals surface area (Å²) in [7, 11) is 0. The zero-order valence-electron chi connectivity index (χ0n) is 11.5. The van der Waals surface area contributed by atoms with E-state index in [2.05, 4.69) is 32.9 Å². The molecule has 0 aliphatic carbocycles. The lowest BCUT2D eigenvalue weighted by atomic mass is 10.2. The highest BCUT2D eigenvalue weighted by molar-refractivity contribution is 8.01. The largest absolute Gasteiger partial charge is 0.391 e. The van der Waals surface area contributed by atoms with Gasteiger partial charge in [-0.15, -0.1) is 11.8 Å². The molecular weight excluding hydrogens is 260 g/mol. The van der Waals surface area contributed by atoms with E-state index in [1.165, 1.54) is 4.90 Å². The molecule has 18 heavy (non-hydrogen) atoms. The predicted octanol–water partition coefficient (Wildman–Crippen LogP) is 4.45. The van der Waals surface area contributed by atoms with Gasteiger partial charge in [0.15, 0.2) is 0 Å². The van der Waals surface area contributed by atoms with Gasteiger partial charge in [-0.1, -0.05) is 45.4 Å². The molecule has 0 aliphatic heterocycles. The maximum Gasteiger partial charge on any atom is 0.0752 e. The summed E-state index contributed by atoms with van der Waals surface area (Å²) in [5, 5.41) is 11.3. The Morgan fingerprint density at radius 3 is 2.39 bits per heavy atom. The molecule has 0 heterocycles. The van der Waals surface area contributed by atoms with Crippen LogP contribution >= 0.6 is 23.5 Å². The Hall–Kier alpha value is -0.120. The van der Waals surface area contributed by atoms with Crippen molar-refractivity contribution in [3.05, 3.63) is 30.3 Å². The fourth-order valence-corrected chi connectivity index (χ4v) is 4.21. The lowest BCUT2D eigenvalue weighted by Crippen LogP contribution is -2.26. The van der Waals surface area contributed by atoms with Crippen molar-refractivity contribution in [3.8, 4) is 0 Å². The monoisotopic (exact) mass is 284 g/mol. The first-order valence-corrected chi connectivity index (χ1v) is 8.57. The Morgan fingerprint density at radius 1 is 1.17 bits per heavy atom. The maximum absolute atomic E-state index is 10.3. The zero-order chi connectivity index (χ0) is 13.4.